The highest BCUT2D eigenvalue weighted by molar-refractivity contribution is 9.08. The first-order valence-corrected chi connectivity index (χ1v) is 8.43. The van der Waals surface area contributed by atoms with Crippen molar-refractivity contribution in [2.24, 2.45) is 0 Å². The van der Waals surface area contributed by atoms with Crippen molar-refractivity contribution < 1.29 is 0 Å². The highest BCUT2D eigenvalue weighted by atomic mass is 79.9. The highest BCUT2D eigenvalue weighted by Gasteiger charge is 2.25. The quantitative estimate of drug-likeness (QED) is 0.685. The highest BCUT2D eigenvalue weighted by Crippen LogP contribution is 2.35. The molecule has 20 heavy (non-hydrogen) atoms. The Morgan fingerprint density at radius 3 is 2.65 bits per heavy atom. The molecule has 0 radical (unpaired) electrons. The molecule has 0 bridgehead atoms. The van der Waals surface area contributed by atoms with E-state index < -0.39 is 0 Å². The summed E-state index contributed by atoms with van der Waals surface area (Å²) in [5.41, 5.74) is 3.91. The van der Waals surface area contributed by atoms with Gasteiger partial charge in [-0.15, -0.1) is 0 Å². The van der Waals surface area contributed by atoms with Crippen molar-refractivity contribution in [2.75, 3.05) is 18.0 Å². The Labute approximate surface area is 133 Å². The Balaban J connectivity index is 1.83. The van der Waals surface area contributed by atoms with E-state index in [1.54, 1.807) is 0 Å². The van der Waals surface area contributed by atoms with Crippen LogP contribution in [0.4, 0.5) is 5.69 Å². The average Bonchev–Trinajstić information content (AvgIpc) is 2.97. The van der Waals surface area contributed by atoms with Gasteiger partial charge in [0, 0.05) is 40.6 Å². The molecule has 1 heterocycles. The van der Waals surface area contributed by atoms with E-state index in [0.29, 0.717) is 5.92 Å². The van der Waals surface area contributed by atoms with Gasteiger partial charge >= 0.3 is 0 Å². The summed E-state index contributed by atoms with van der Waals surface area (Å²) in [4.78, 5) is 2.46. The Morgan fingerprint density at radius 1 is 1.10 bits per heavy atom. The molecule has 1 aliphatic heterocycles. The summed E-state index contributed by atoms with van der Waals surface area (Å²) in [6, 6.07) is 17.0. The fourth-order valence-electron chi connectivity index (χ4n) is 2.95. The number of halogens is 2. The van der Waals surface area contributed by atoms with Crippen LogP contribution in [0.15, 0.2) is 48.5 Å². The zero-order valence-corrected chi connectivity index (χ0v) is 13.6. The van der Waals surface area contributed by atoms with Crippen LogP contribution in [0.3, 0.4) is 0 Å². The summed E-state index contributed by atoms with van der Waals surface area (Å²) >= 11 is 9.86. The van der Waals surface area contributed by atoms with Crippen LogP contribution in [0.25, 0.3) is 0 Å². The summed E-state index contributed by atoms with van der Waals surface area (Å²) in [7, 11) is 0. The minimum atomic E-state index is 0.623. The van der Waals surface area contributed by atoms with Crippen LogP contribution in [0.5, 0.6) is 0 Å². The molecule has 1 saturated heterocycles. The van der Waals surface area contributed by atoms with Crippen molar-refractivity contribution in [1.29, 1.82) is 0 Å². The zero-order chi connectivity index (χ0) is 13.9. The SMILES string of the molecule is Clc1cccc(N2CCC(c3ccccc3)C2)c1CBr. The van der Waals surface area contributed by atoms with Crippen LogP contribution in [-0.4, -0.2) is 13.1 Å². The summed E-state index contributed by atoms with van der Waals surface area (Å²) in [6.45, 7) is 2.17. The van der Waals surface area contributed by atoms with E-state index in [2.05, 4.69) is 57.2 Å². The van der Waals surface area contributed by atoms with Crippen molar-refractivity contribution >= 4 is 33.2 Å². The second-order valence-corrected chi connectivity index (χ2v) is 6.18. The van der Waals surface area contributed by atoms with E-state index in [4.69, 9.17) is 11.6 Å². The van der Waals surface area contributed by atoms with Gasteiger partial charge in [0.15, 0.2) is 0 Å². The Kier molecular flexibility index (Phi) is 4.32. The molecule has 0 amide bonds. The van der Waals surface area contributed by atoms with Crippen LogP contribution in [0, 0.1) is 0 Å². The molecule has 1 nitrogen and oxygen atoms in total. The molecule has 1 aliphatic rings. The lowest BCUT2D eigenvalue weighted by molar-refractivity contribution is 0.775. The molecule has 3 rings (SSSR count). The Morgan fingerprint density at radius 2 is 1.90 bits per heavy atom. The van der Waals surface area contributed by atoms with Crippen molar-refractivity contribution in [3.8, 4) is 0 Å². The number of hydrogen-bond acceptors (Lipinski definition) is 1. The van der Waals surface area contributed by atoms with Crippen molar-refractivity contribution in [2.45, 2.75) is 17.7 Å². The topological polar surface area (TPSA) is 3.24 Å². The maximum absolute atomic E-state index is 6.30. The van der Waals surface area contributed by atoms with Crippen molar-refractivity contribution in [3.63, 3.8) is 0 Å². The van der Waals surface area contributed by atoms with E-state index >= 15 is 0 Å². The third kappa shape index (κ3) is 2.72. The minimum absolute atomic E-state index is 0.623. The summed E-state index contributed by atoms with van der Waals surface area (Å²) in [5.74, 6) is 0.623. The number of anilines is 1. The molecule has 0 aromatic heterocycles. The van der Waals surface area contributed by atoms with Gasteiger partial charge in [-0.1, -0.05) is 63.9 Å². The van der Waals surface area contributed by atoms with Crippen LogP contribution >= 0.6 is 27.5 Å². The van der Waals surface area contributed by atoms with Gasteiger partial charge in [-0.05, 0) is 24.1 Å². The molecule has 1 fully saturated rings. The van der Waals surface area contributed by atoms with E-state index in [1.165, 1.54) is 23.2 Å². The minimum Gasteiger partial charge on any atom is -0.371 e. The lowest BCUT2D eigenvalue weighted by Crippen LogP contribution is -2.20. The predicted molar refractivity (Wildman–Crippen MR) is 90.1 cm³/mol. The van der Waals surface area contributed by atoms with Crippen molar-refractivity contribution in [3.05, 3.63) is 64.7 Å². The molecular weight excluding hydrogens is 334 g/mol. The van der Waals surface area contributed by atoms with Crippen LogP contribution < -0.4 is 4.90 Å². The Hall–Kier alpha value is -0.990. The molecule has 104 valence electrons. The van der Waals surface area contributed by atoms with Crippen LogP contribution in [-0.2, 0) is 5.33 Å². The lowest BCUT2D eigenvalue weighted by atomic mass is 9.99. The summed E-state index contributed by atoms with van der Waals surface area (Å²) in [5, 5.41) is 1.65. The molecule has 2 aromatic rings. The molecule has 0 N–H and O–H groups in total. The van der Waals surface area contributed by atoms with Gasteiger partial charge in [-0.25, -0.2) is 0 Å². The monoisotopic (exact) mass is 349 g/mol. The summed E-state index contributed by atoms with van der Waals surface area (Å²) < 4.78 is 0. The average molecular weight is 351 g/mol. The molecule has 0 aliphatic carbocycles. The predicted octanol–water partition coefficient (Wildman–Crippen LogP) is 5.23. The molecular formula is C17H17BrClN. The fraction of sp³-hybridized carbons (Fsp3) is 0.294. The second-order valence-electron chi connectivity index (χ2n) is 5.21. The van der Waals surface area contributed by atoms with Gasteiger partial charge in [-0.3, -0.25) is 0 Å². The van der Waals surface area contributed by atoms with Crippen molar-refractivity contribution in [1.82, 2.24) is 0 Å². The molecule has 0 spiro atoms. The molecule has 3 heteroatoms. The smallest absolute Gasteiger partial charge is 0.0467 e. The van der Waals surface area contributed by atoms with Gasteiger partial charge in [0.2, 0.25) is 0 Å². The number of benzene rings is 2. The number of alkyl halides is 1. The molecule has 1 unspecified atom stereocenters. The third-order valence-electron chi connectivity index (χ3n) is 4.03. The maximum atomic E-state index is 6.30. The maximum Gasteiger partial charge on any atom is 0.0467 e. The number of rotatable bonds is 3. The van der Waals surface area contributed by atoms with Crippen LogP contribution in [0.1, 0.15) is 23.5 Å². The van der Waals surface area contributed by atoms with Crippen LogP contribution in [0.2, 0.25) is 5.02 Å². The first-order chi connectivity index (χ1) is 9.79. The zero-order valence-electron chi connectivity index (χ0n) is 11.2. The van der Waals surface area contributed by atoms with E-state index in [0.717, 1.165) is 23.4 Å². The lowest BCUT2D eigenvalue weighted by Gasteiger charge is -2.22. The van der Waals surface area contributed by atoms with E-state index in [9.17, 15) is 0 Å². The van der Waals surface area contributed by atoms with E-state index in [1.807, 2.05) is 12.1 Å². The Bertz CT molecular complexity index is 585. The van der Waals surface area contributed by atoms with Gasteiger partial charge in [0.25, 0.3) is 0 Å². The summed E-state index contributed by atoms with van der Waals surface area (Å²) in [6.07, 6.45) is 1.21. The second kappa shape index (κ2) is 6.19. The standard InChI is InChI=1S/C17H17BrClN/c18-11-15-16(19)7-4-8-17(15)20-10-9-14(12-20)13-5-2-1-3-6-13/h1-8,14H,9-12H2. The molecule has 1 atom stereocenters. The first-order valence-electron chi connectivity index (χ1n) is 6.93. The molecule has 2 aromatic carbocycles. The first kappa shape index (κ1) is 14.0. The third-order valence-corrected chi connectivity index (χ3v) is 4.94. The van der Waals surface area contributed by atoms with Gasteiger partial charge in [-0.2, -0.15) is 0 Å². The number of nitrogens with zero attached hydrogens (tertiary/aromatic N) is 1. The molecule has 0 saturated carbocycles. The fourth-order valence-corrected chi connectivity index (χ4v) is 3.94. The van der Waals surface area contributed by atoms with Gasteiger partial charge < -0.3 is 4.90 Å². The number of hydrogen-bond donors (Lipinski definition) is 0. The van der Waals surface area contributed by atoms with Gasteiger partial charge in [0.05, 0.1) is 0 Å². The van der Waals surface area contributed by atoms with E-state index in [-0.39, 0.29) is 0 Å². The normalized spacial score (nSPS) is 18.5. The largest absolute Gasteiger partial charge is 0.371 e. The van der Waals surface area contributed by atoms with Gasteiger partial charge in [0.1, 0.15) is 0 Å².